The molecule has 0 spiro atoms. The standard InChI is InChI=1S/C13H17BrN2O3/c1-13(2)9-15(5-6-19-13)12(18)8-16-7-10(14)3-4-11(16)17/h3-4,7H,5-6,8-9H2,1-2H3. The SMILES string of the molecule is CC1(C)CN(C(=O)Cn2cc(Br)ccc2=O)CCO1. The van der Waals surface area contributed by atoms with Crippen molar-refractivity contribution in [3.63, 3.8) is 0 Å². The number of hydrogen-bond acceptors (Lipinski definition) is 3. The summed E-state index contributed by atoms with van der Waals surface area (Å²) in [6.45, 7) is 5.63. The van der Waals surface area contributed by atoms with Crippen LogP contribution in [-0.4, -0.2) is 40.7 Å². The number of nitrogens with zero attached hydrogens (tertiary/aromatic N) is 2. The first-order valence-corrected chi connectivity index (χ1v) is 6.94. The number of carbonyl (C=O) groups excluding carboxylic acids is 1. The van der Waals surface area contributed by atoms with Crippen molar-refractivity contribution in [2.45, 2.75) is 26.0 Å². The number of ether oxygens (including phenoxy) is 1. The summed E-state index contributed by atoms with van der Waals surface area (Å²) in [5.74, 6) is -0.0587. The third kappa shape index (κ3) is 3.67. The predicted octanol–water partition coefficient (Wildman–Crippen LogP) is 1.25. The summed E-state index contributed by atoms with van der Waals surface area (Å²) < 4.78 is 7.76. The van der Waals surface area contributed by atoms with Crippen molar-refractivity contribution >= 4 is 21.8 Å². The van der Waals surface area contributed by atoms with E-state index in [0.29, 0.717) is 19.7 Å². The van der Waals surface area contributed by atoms with Crippen LogP contribution in [0.15, 0.2) is 27.6 Å². The van der Waals surface area contributed by atoms with Crippen molar-refractivity contribution in [2.24, 2.45) is 0 Å². The zero-order valence-electron chi connectivity index (χ0n) is 11.1. The summed E-state index contributed by atoms with van der Waals surface area (Å²) in [6.07, 6.45) is 1.63. The van der Waals surface area contributed by atoms with Gasteiger partial charge in [-0.25, -0.2) is 0 Å². The van der Waals surface area contributed by atoms with Gasteiger partial charge in [0.1, 0.15) is 6.54 Å². The van der Waals surface area contributed by atoms with Gasteiger partial charge in [0.25, 0.3) is 5.56 Å². The first kappa shape index (κ1) is 14.3. The van der Waals surface area contributed by atoms with Crippen LogP contribution in [0.3, 0.4) is 0 Å². The number of rotatable bonds is 2. The zero-order chi connectivity index (χ0) is 14.0. The molecule has 0 aromatic carbocycles. The number of pyridine rings is 1. The molecule has 0 N–H and O–H groups in total. The van der Waals surface area contributed by atoms with Crippen LogP contribution >= 0.6 is 15.9 Å². The molecule has 5 nitrogen and oxygen atoms in total. The van der Waals surface area contributed by atoms with E-state index in [9.17, 15) is 9.59 Å². The molecule has 1 saturated heterocycles. The van der Waals surface area contributed by atoms with Gasteiger partial charge in [0, 0.05) is 29.8 Å². The molecule has 0 bridgehead atoms. The minimum Gasteiger partial charge on any atom is -0.372 e. The molecule has 1 aliphatic heterocycles. The highest BCUT2D eigenvalue weighted by Gasteiger charge is 2.29. The molecule has 0 unspecified atom stereocenters. The van der Waals surface area contributed by atoms with Gasteiger partial charge in [0.2, 0.25) is 5.91 Å². The molecular formula is C13H17BrN2O3. The summed E-state index contributed by atoms with van der Waals surface area (Å²) in [6, 6.07) is 3.11. The molecule has 0 radical (unpaired) electrons. The van der Waals surface area contributed by atoms with E-state index >= 15 is 0 Å². The number of carbonyl (C=O) groups is 1. The van der Waals surface area contributed by atoms with Crippen LogP contribution in [0.25, 0.3) is 0 Å². The number of hydrogen-bond donors (Lipinski definition) is 0. The molecule has 6 heteroatoms. The lowest BCUT2D eigenvalue weighted by Gasteiger charge is -2.38. The number of halogens is 1. The summed E-state index contributed by atoms with van der Waals surface area (Å²) in [7, 11) is 0. The highest BCUT2D eigenvalue weighted by Crippen LogP contribution is 2.16. The molecular weight excluding hydrogens is 312 g/mol. The predicted molar refractivity (Wildman–Crippen MR) is 75.0 cm³/mol. The first-order valence-electron chi connectivity index (χ1n) is 6.15. The molecule has 1 aromatic heterocycles. The van der Waals surface area contributed by atoms with E-state index in [1.165, 1.54) is 10.6 Å². The van der Waals surface area contributed by atoms with Crippen molar-refractivity contribution in [1.29, 1.82) is 0 Å². The molecule has 19 heavy (non-hydrogen) atoms. The van der Waals surface area contributed by atoms with E-state index in [1.807, 2.05) is 13.8 Å². The third-order valence-corrected chi connectivity index (χ3v) is 3.50. The quantitative estimate of drug-likeness (QED) is 0.821. The van der Waals surface area contributed by atoms with E-state index in [1.54, 1.807) is 17.2 Å². The highest BCUT2D eigenvalue weighted by molar-refractivity contribution is 9.10. The highest BCUT2D eigenvalue weighted by atomic mass is 79.9. The Morgan fingerprint density at radius 2 is 2.21 bits per heavy atom. The van der Waals surface area contributed by atoms with Gasteiger partial charge in [0.05, 0.1) is 12.2 Å². The lowest BCUT2D eigenvalue weighted by Crippen LogP contribution is -2.51. The summed E-state index contributed by atoms with van der Waals surface area (Å²) in [5.41, 5.74) is -0.500. The van der Waals surface area contributed by atoms with E-state index < -0.39 is 0 Å². The van der Waals surface area contributed by atoms with Gasteiger partial charge in [-0.15, -0.1) is 0 Å². The fourth-order valence-corrected chi connectivity index (χ4v) is 2.48. The Hall–Kier alpha value is -1.14. The number of morpholine rings is 1. The lowest BCUT2D eigenvalue weighted by molar-refractivity contribution is -0.146. The second-order valence-corrected chi connectivity index (χ2v) is 6.15. The van der Waals surface area contributed by atoms with E-state index in [4.69, 9.17) is 4.74 Å². The average Bonchev–Trinajstić information content (AvgIpc) is 2.32. The molecule has 0 atom stereocenters. The fourth-order valence-electron chi connectivity index (χ4n) is 2.10. The van der Waals surface area contributed by atoms with Gasteiger partial charge in [-0.05, 0) is 35.8 Å². The molecule has 1 aromatic rings. The van der Waals surface area contributed by atoms with Crippen LogP contribution in [0.1, 0.15) is 13.8 Å². The van der Waals surface area contributed by atoms with Crippen molar-refractivity contribution in [2.75, 3.05) is 19.7 Å². The molecule has 1 fully saturated rings. The van der Waals surface area contributed by atoms with Crippen molar-refractivity contribution in [1.82, 2.24) is 9.47 Å². The molecule has 0 aliphatic carbocycles. The molecule has 2 heterocycles. The molecule has 1 amide bonds. The maximum absolute atomic E-state index is 12.2. The lowest BCUT2D eigenvalue weighted by atomic mass is 10.1. The Morgan fingerprint density at radius 1 is 1.47 bits per heavy atom. The van der Waals surface area contributed by atoms with E-state index in [-0.39, 0.29) is 23.6 Å². The Balaban J connectivity index is 2.09. The third-order valence-electron chi connectivity index (χ3n) is 3.03. The maximum Gasteiger partial charge on any atom is 0.251 e. The smallest absolute Gasteiger partial charge is 0.251 e. The summed E-state index contributed by atoms with van der Waals surface area (Å²) >= 11 is 3.30. The zero-order valence-corrected chi connectivity index (χ0v) is 12.6. The summed E-state index contributed by atoms with van der Waals surface area (Å²) in [4.78, 5) is 25.6. The minimum atomic E-state index is -0.323. The average molecular weight is 329 g/mol. The van der Waals surface area contributed by atoms with Gasteiger partial charge in [0.15, 0.2) is 0 Å². The van der Waals surface area contributed by atoms with Crippen LogP contribution in [0.4, 0.5) is 0 Å². The van der Waals surface area contributed by atoms with Crippen LogP contribution in [0.5, 0.6) is 0 Å². The summed E-state index contributed by atoms with van der Waals surface area (Å²) in [5, 5.41) is 0. The normalized spacial score (nSPS) is 18.4. The van der Waals surface area contributed by atoms with Crippen LogP contribution in [0, 0.1) is 0 Å². The Morgan fingerprint density at radius 3 is 2.89 bits per heavy atom. The van der Waals surface area contributed by atoms with Gasteiger partial charge in [-0.3, -0.25) is 9.59 Å². The Labute approximate surface area is 120 Å². The number of amides is 1. The van der Waals surface area contributed by atoms with Crippen molar-refractivity contribution in [3.05, 3.63) is 33.2 Å². The van der Waals surface area contributed by atoms with Gasteiger partial charge >= 0.3 is 0 Å². The topological polar surface area (TPSA) is 51.5 Å². The van der Waals surface area contributed by atoms with Crippen LogP contribution < -0.4 is 5.56 Å². The molecule has 0 saturated carbocycles. The second kappa shape index (κ2) is 5.46. The second-order valence-electron chi connectivity index (χ2n) is 5.24. The van der Waals surface area contributed by atoms with Crippen molar-refractivity contribution < 1.29 is 9.53 Å². The molecule has 104 valence electrons. The van der Waals surface area contributed by atoms with E-state index in [0.717, 1.165) is 4.47 Å². The van der Waals surface area contributed by atoms with Crippen LogP contribution in [-0.2, 0) is 16.1 Å². The molecule has 1 aliphatic rings. The van der Waals surface area contributed by atoms with Gasteiger partial charge in [-0.2, -0.15) is 0 Å². The minimum absolute atomic E-state index is 0.0587. The van der Waals surface area contributed by atoms with E-state index in [2.05, 4.69) is 15.9 Å². The van der Waals surface area contributed by atoms with Gasteiger partial charge < -0.3 is 14.2 Å². The monoisotopic (exact) mass is 328 g/mol. The Bertz CT molecular complexity index is 539. The maximum atomic E-state index is 12.2. The van der Waals surface area contributed by atoms with Gasteiger partial charge in [-0.1, -0.05) is 0 Å². The Kier molecular flexibility index (Phi) is 4.10. The van der Waals surface area contributed by atoms with Crippen LogP contribution in [0.2, 0.25) is 0 Å². The molecule has 2 rings (SSSR count). The number of aromatic nitrogens is 1. The fraction of sp³-hybridized carbons (Fsp3) is 0.538. The van der Waals surface area contributed by atoms with Crippen molar-refractivity contribution in [3.8, 4) is 0 Å². The first-order chi connectivity index (χ1) is 8.87. The largest absolute Gasteiger partial charge is 0.372 e.